The van der Waals surface area contributed by atoms with E-state index in [9.17, 15) is 9.18 Å². The Labute approximate surface area is 165 Å². The van der Waals surface area contributed by atoms with Gasteiger partial charge in [0.25, 0.3) is 11.6 Å². The van der Waals surface area contributed by atoms with Gasteiger partial charge in [-0.3, -0.25) is 4.79 Å². The van der Waals surface area contributed by atoms with E-state index >= 15 is 0 Å². The number of benzene rings is 1. The summed E-state index contributed by atoms with van der Waals surface area (Å²) in [5, 5.41) is 4.57. The highest BCUT2D eigenvalue weighted by atomic mass is 79.9. The Hall–Kier alpha value is -2.28. The Balaban J connectivity index is 2.04. The lowest BCUT2D eigenvalue weighted by molar-refractivity contribution is 0.0752. The molecular formula is C20H21BrFN3O2. The first-order chi connectivity index (χ1) is 12.8. The van der Waals surface area contributed by atoms with E-state index in [1.165, 1.54) is 6.07 Å². The molecule has 2 heterocycles. The maximum Gasteiger partial charge on any atom is 0.259 e. The number of rotatable bonds is 5. The number of nitrogens with zero attached hydrogens (tertiary/aromatic N) is 3. The average molecular weight is 434 g/mol. The molecule has 0 atom stereocenters. The van der Waals surface area contributed by atoms with Crippen molar-refractivity contribution in [3.05, 3.63) is 57.1 Å². The number of amides is 1. The fraction of sp³-hybridized carbons (Fsp3) is 0.350. The van der Waals surface area contributed by atoms with Gasteiger partial charge in [0.15, 0.2) is 0 Å². The summed E-state index contributed by atoms with van der Waals surface area (Å²) >= 11 is 3.35. The number of aryl methyl sites for hydroxylation is 1. The Bertz CT molecular complexity index is 1000. The normalized spacial score (nSPS) is 11.4. The summed E-state index contributed by atoms with van der Waals surface area (Å²) in [6.07, 6.45) is 0. The van der Waals surface area contributed by atoms with Crippen LogP contribution in [-0.4, -0.2) is 27.5 Å². The zero-order valence-corrected chi connectivity index (χ0v) is 17.3. The number of carbonyl (C=O) groups excluding carboxylic acids is 1. The highest BCUT2D eigenvalue weighted by molar-refractivity contribution is 9.10. The van der Waals surface area contributed by atoms with Gasteiger partial charge >= 0.3 is 0 Å². The molecule has 0 aliphatic carbocycles. The molecule has 5 nitrogen and oxygen atoms in total. The molecule has 0 fully saturated rings. The fourth-order valence-electron chi connectivity index (χ4n) is 2.95. The molecule has 27 heavy (non-hydrogen) atoms. The Morgan fingerprint density at radius 2 is 2.07 bits per heavy atom. The fourth-order valence-corrected chi connectivity index (χ4v) is 3.35. The molecule has 0 bridgehead atoms. The van der Waals surface area contributed by atoms with Crippen molar-refractivity contribution in [1.82, 2.24) is 15.0 Å². The minimum absolute atomic E-state index is 0.129. The number of fused-ring (bicyclic) bond motifs is 1. The molecule has 0 unspecified atom stereocenters. The van der Waals surface area contributed by atoms with Crippen LogP contribution in [0.25, 0.3) is 11.1 Å². The summed E-state index contributed by atoms with van der Waals surface area (Å²) in [5.74, 6) is -0.408. The SMILES string of the molecule is CCN(Cc1cc(Br)ccc1F)C(=O)c1cc(C(C)C)nc2onc(C)c12. The highest BCUT2D eigenvalue weighted by Crippen LogP contribution is 2.27. The number of pyridine rings is 1. The van der Waals surface area contributed by atoms with E-state index in [2.05, 4.69) is 26.1 Å². The van der Waals surface area contributed by atoms with Crippen LogP contribution in [0.15, 0.2) is 33.3 Å². The summed E-state index contributed by atoms with van der Waals surface area (Å²) in [6.45, 7) is 8.27. The lowest BCUT2D eigenvalue weighted by atomic mass is 10.0. The van der Waals surface area contributed by atoms with Crippen LogP contribution >= 0.6 is 15.9 Å². The van der Waals surface area contributed by atoms with Crippen LogP contribution in [0.2, 0.25) is 0 Å². The molecule has 3 aromatic rings. The van der Waals surface area contributed by atoms with Gasteiger partial charge in [-0.2, -0.15) is 0 Å². The van der Waals surface area contributed by atoms with Crippen LogP contribution in [0, 0.1) is 12.7 Å². The van der Waals surface area contributed by atoms with Crippen LogP contribution in [0.3, 0.4) is 0 Å². The Morgan fingerprint density at radius 3 is 2.74 bits per heavy atom. The van der Waals surface area contributed by atoms with Gasteiger partial charge in [-0.05, 0) is 44.0 Å². The van der Waals surface area contributed by atoms with E-state index < -0.39 is 0 Å². The van der Waals surface area contributed by atoms with E-state index in [4.69, 9.17) is 4.52 Å². The van der Waals surface area contributed by atoms with E-state index in [0.717, 1.165) is 10.2 Å². The number of hydrogen-bond donors (Lipinski definition) is 0. The van der Waals surface area contributed by atoms with Gasteiger partial charge in [-0.1, -0.05) is 34.9 Å². The van der Waals surface area contributed by atoms with Gasteiger partial charge in [-0.15, -0.1) is 0 Å². The van der Waals surface area contributed by atoms with Crippen molar-refractivity contribution >= 4 is 32.9 Å². The van der Waals surface area contributed by atoms with E-state index in [0.29, 0.717) is 34.5 Å². The monoisotopic (exact) mass is 433 g/mol. The molecule has 0 N–H and O–H groups in total. The quantitative estimate of drug-likeness (QED) is 0.553. The Kier molecular flexibility index (Phi) is 5.60. The maximum atomic E-state index is 14.2. The number of aromatic nitrogens is 2. The smallest absolute Gasteiger partial charge is 0.259 e. The van der Waals surface area contributed by atoms with Crippen LogP contribution in [-0.2, 0) is 6.54 Å². The zero-order chi connectivity index (χ0) is 19.7. The maximum absolute atomic E-state index is 14.2. The molecule has 0 spiro atoms. The molecule has 142 valence electrons. The van der Waals surface area contributed by atoms with Crippen molar-refractivity contribution in [3.8, 4) is 0 Å². The summed E-state index contributed by atoms with van der Waals surface area (Å²) < 4.78 is 20.2. The van der Waals surface area contributed by atoms with Crippen molar-refractivity contribution in [2.24, 2.45) is 0 Å². The summed E-state index contributed by atoms with van der Waals surface area (Å²) in [5.41, 5.74) is 2.66. The van der Waals surface area contributed by atoms with Crippen molar-refractivity contribution in [2.45, 2.75) is 40.2 Å². The lowest BCUT2D eigenvalue weighted by Crippen LogP contribution is -2.31. The largest absolute Gasteiger partial charge is 0.336 e. The van der Waals surface area contributed by atoms with Crippen molar-refractivity contribution in [3.63, 3.8) is 0 Å². The summed E-state index contributed by atoms with van der Waals surface area (Å²) in [4.78, 5) is 19.4. The first-order valence-electron chi connectivity index (χ1n) is 8.82. The standard InChI is InChI=1S/C20H21BrFN3O2/c1-5-25(10-13-8-14(21)6-7-16(13)22)20(26)15-9-17(11(2)3)23-19-18(15)12(4)24-27-19/h6-9,11H,5,10H2,1-4H3. The number of carbonyl (C=O) groups is 1. The molecule has 0 saturated heterocycles. The van der Waals surface area contributed by atoms with Crippen LogP contribution in [0.1, 0.15) is 54.0 Å². The second kappa shape index (κ2) is 7.76. The van der Waals surface area contributed by atoms with Crippen molar-refractivity contribution in [1.29, 1.82) is 0 Å². The predicted molar refractivity (Wildman–Crippen MR) is 105 cm³/mol. The van der Waals surface area contributed by atoms with Gasteiger partial charge in [0.1, 0.15) is 5.82 Å². The number of halogens is 2. The van der Waals surface area contributed by atoms with Gasteiger partial charge < -0.3 is 9.42 Å². The molecule has 1 amide bonds. The molecule has 2 aromatic heterocycles. The van der Waals surface area contributed by atoms with Crippen molar-refractivity contribution < 1.29 is 13.7 Å². The van der Waals surface area contributed by atoms with Crippen LogP contribution < -0.4 is 0 Å². The molecule has 0 saturated carbocycles. The molecular weight excluding hydrogens is 413 g/mol. The van der Waals surface area contributed by atoms with Crippen LogP contribution in [0.5, 0.6) is 0 Å². The van der Waals surface area contributed by atoms with Crippen molar-refractivity contribution in [2.75, 3.05) is 6.54 Å². The lowest BCUT2D eigenvalue weighted by Gasteiger charge is -2.22. The van der Waals surface area contributed by atoms with E-state index in [1.54, 1.807) is 30.0 Å². The molecule has 3 rings (SSSR count). The van der Waals surface area contributed by atoms with Gasteiger partial charge in [0.05, 0.1) is 16.6 Å². The van der Waals surface area contributed by atoms with E-state index in [1.807, 2.05) is 20.8 Å². The molecule has 7 heteroatoms. The highest BCUT2D eigenvalue weighted by Gasteiger charge is 2.24. The second-order valence-electron chi connectivity index (χ2n) is 6.75. The Morgan fingerprint density at radius 1 is 1.33 bits per heavy atom. The summed E-state index contributed by atoms with van der Waals surface area (Å²) in [6, 6.07) is 6.51. The summed E-state index contributed by atoms with van der Waals surface area (Å²) in [7, 11) is 0. The third-order valence-electron chi connectivity index (χ3n) is 4.50. The minimum atomic E-state index is -0.339. The van der Waals surface area contributed by atoms with Crippen LogP contribution in [0.4, 0.5) is 4.39 Å². The topological polar surface area (TPSA) is 59.2 Å². The first-order valence-corrected chi connectivity index (χ1v) is 9.61. The van der Waals surface area contributed by atoms with Gasteiger partial charge in [0.2, 0.25) is 0 Å². The molecule has 0 aliphatic heterocycles. The third kappa shape index (κ3) is 3.88. The zero-order valence-electron chi connectivity index (χ0n) is 15.7. The van der Waals surface area contributed by atoms with Gasteiger partial charge in [0, 0.05) is 28.8 Å². The predicted octanol–water partition coefficient (Wildman–Crippen LogP) is 5.22. The second-order valence-corrected chi connectivity index (χ2v) is 7.67. The number of hydrogen-bond acceptors (Lipinski definition) is 4. The molecule has 0 radical (unpaired) electrons. The average Bonchev–Trinajstić information content (AvgIpc) is 3.02. The minimum Gasteiger partial charge on any atom is -0.336 e. The first kappa shape index (κ1) is 19.5. The van der Waals surface area contributed by atoms with E-state index in [-0.39, 0.29) is 24.2 Å². The molecule has 1 aromatic carbocycles. The van der Waals surface area contributed by atoms with Gasteiger partial charge in [-0.25, -0.2) is 9.37 Å². The third-order valence-corrected chi connectivity index (χ3v) is 4.99. The molecule has 0 aliphatic rings.